The molecule has 198 valence electrons. The van der Waals surface area contributed by atoms with Crippen LogP contribution >= 0.6 is 11.8 Å². The molecule has 0 radical (unpaired) electrons. The first kappa shape index (κ1) is 26.3. The first-order valence-corrected chi connectivity index (χ1v) is 13.8. The van der Waals surface area contributed by atoms with E-state index in [-0.39, 0.29) is 12.2 Å². The molecule has 3 aromatic carbocycles. The molecule has 0 saturated carbocycles. The Balaban J connectivity index is 1.62. The Morgan fingerprint density at radius 2 is 1.64 bits per heavy atom. The van der Waals surface area contributed by atoms with Gasteiger partial charge in [0.1, 0.15) is 18.2 Å². The van der Waals surface area contributed by atoms with Crippen LogP contribution in [0.15, 0.2) is 100 Å². The third-order valence-corrected chi connectivity index (χ3v) is 7.08. The second-order valence-corrected chi connectivity index (χ2v) is 10.1. The Hall–Kier alpha value is -4.30. The first-order valence-electron chi connectivity index (χ1n) is 12.9. The lowest BCUT2D eigenvalue weighted by Crippen LogP contribution is -2.31. The SMILES string of the molecule is CCOC(=O)C1=C(c2ccccc2)Nc2nc(SCC)[nH]c(=O)c2C1c1ccc(OCc2ccccc2)cc1. The van der Waals surface area contributed by atoms with Crippen molar-refractivity contribution in [1.82, 2.24) is 9.97 Å². The Morgan fingerprint density at radius 1 is 0.949 bits per heavy atom. The number of ether oxygens (including phenoxy) is 2. The first-order chi connectivity index (χ1) is 19.1. The van der Waals surface area contributed by atoms with Gasteiger partial charge < -0.3 is 19.8 Å². The Bertz CT molecular complexity index is 1530. The number of esters is 1. The number of hydrogen-bond acceptors (Lipinski definition) is 7. The molecule has 0 aliphatic carbocycles. The minimum absolute atomic E-state index is 0.205. The van der Waals surface area contributed by atoms with Gasteiger partial charge in [-0.15, -0.1) is 0 Å². The maximum absolute atomic E-state index is 13.5. The van der Waals surface area contributed by atoms with E-state index in [1.54, 1.807) is 6.92 Å². The highest BCUT2D eigenvalue weighted by Gasteiger charge is 2.38. The van der Waals surface area contributed by atoms with Gasteiger partial charge in [-0.3, -0.25) is 4.79 Å². The number of nitrogens with one attached hydrogen (secondary N) is 2. The van der Waals surface area contributed by atoms with E-state index in [0.29, 0.717) is 40.2 Å². The molecule has 0 amide bonds. The van der Waals surface area contributed by atoms with Gasteiger partial charge in [0.25, 0.3) is 5.56 Å². The Labute approximate surface area is 231 Å². The quantitative estimate of drug-likeness (QED) is 0.153. The predicted molar refractivity (Wildman–Crippen MR) is 154 cm³/mol. The molecule has 4 aromatic rings. The molecular weight excluding hydrogens is 510 g/mol. The van der Waals surface area contributed by atoms with E-state index in [1.165, 1.54) is 11.8 Å². The molecule has 0 saturated heterocycles. The molecule has 1 unspecified atom stereocenters. The van der Waals surface area contributed by atoms with Crippen molar-refractivity contribution in [3.63, 3.8) is 0 Å². The fraction of sp³-hybridized carbons (Fsp3) is 0.194. The summed E-state index contributed by atoms with van der Waals surface area (Å²) in [6.45, 7) is 4.40. The maximum Gasteiger partial charge on any atom is 0.337 e. The highest BCUT2D eigenvalue weighted by molar-refractivity contribution is 7.99. The van der Waals surface area contributed by atoms with Crippen LogP contribution in [0, 0.1) is 0 Å². The maximum atomic E-state index is 13.5. The van der Waals surface area contributed by atoms with Crippen LogP contribution in [0.5, 0.6) is 5.75 Å². The van der Waals surface area contributed by atoms with Crippen molar-refractivity contribution in [3.8, 4) is 5.75 Å². The summed E-state index contributed by atoms with van der Waals surface area (Å²) in [6.07, 6.45) is 0. The van der Waals surface area contributed by atoms with Gasteiger partial charge in [-0.25, -0.2) is 9.78 Å². The summed E-state index contributed by atoms with van der Waals surface area (Å²) in [5.74, 6) is 0.677. The number of aromatic amines is 1. The van der Waals surface area contributed by atoms with Gasteiger partial charge in [0.05, 0.1) is 29.4 Å². The average Bonchev–Trinajstić information content (AvgIpc) is 2.97. The zero-order chi connectivity index (χ0) is 27.2. The molecular formula is C31H29N3O4S. The van der Waals surface area contributed by atoms with E-state index < -0.39 is 11.9 Å². The lowest BCUT2D eigenvalue weighted by Gasteiger charge is -2.30. The lowest BCUT2D eigenvalue weighted by molar-refractivity contribution is -0.138. The Kier molecular flexibility index (Phi) is 8.13. The molecule has 0 spiro atoms. The fourth-order valence-electron chi connectivity index (χ4n) is 4.60. The van der Waals surface area contributed by atoms with Gasteiger partial charge >= 0.3 is 5.97 Å². The lowest BCUT2D eigenvalue weighted by atomic mass is 9.81. The minimum atomic E-state index is -0.699. The van der Waals surface area contributed by atoms with Crippen LogP contribution in [0.4, 0.5) is 5.82 Å². The second kappa shape index (κ2) is 12.0. The van der Waals surface area contributed by atoms with E-state index in [4.69, 9.17) is 14.5 Å². The number of hydrogen-bond donors (Lipinski definition) is 2. The van der Waals surface area contributed by atoms with Crippen LogP contribution in [0.25, 0.3) is 5.70 Å². The van der Waals surface area contributed by atoms with Crippen molar-refractivity contribution in [1.29, 1.82) is 0 Å². The van der Waals surface area contributed by atoms with E-state index >= 15 is 0 Å². The summed E-state index contributed by atoms with van der Waals surface area (Å²) < 4.78 is 11.5. The summed E-state index contributed by atoms with van der Waals surface area (Å²) in [7, 11) is 0. The normalized spacial score (nSPS) is 14.4. The van der Waals surface area contributed by atoms with Gasteiger partial charge in [0.15, 0.2) is 5.16 Å². The van der Waals surface area contributed by atoms with Crippen molar-refractivity contribution in [2.75, 3.05) is 17.7 Å². The van der Waals surface area contributed by atoms with Crippen molar-refractivity contribution in [3.05, 3.63) is 123 Å². The predicted octanol–water partition coefficient (Wildman–Crippen LogP) is 5.99. The summed E-state index contributed by atoms with van der Waals surface area (Å²) in [4.78, 5) is 34.6. The molecule has 1 aliphatic rings. The molecule has 1 aliphatic heterocycles. The molecule has 1 aromatic heterocycles. The number of anilines is 1. The average molecular weight is 540 g/mol. The van der Waals surface area contributed by atoms with Gasteiger partial charge in [0.2, 0.25) is 0 Å². The second-order valence-electron chi connectivity index (χ2n) is 8.84. The molecule has 8 heteroatoms. The number of carbonyl (C=O) groups is 1. The van der Waals surface area contributed by atoms with Crippen molar-refractivity contribution < 1.29 is 14.3 Å². The topological polar surface area (TPSA) is 93.3 Å². The van der Waals surface area contributed by atoms with Crippen LogP contribution in [0.1, 0.15) is 42.0 Å². The van der Waals surface area contributed by atoms with Crippen LogP contribution in [-0.2, 0) is 16.1 Å². The highest BCUT2D eigenvalue weighted by Crippen LogP contribution is 2.43. The molecule has 0 fully saturated rings. The van der Waals surface area contributed by atoms with Gasteiger partial charge in [-0.2, -0.15) is 0 Å². The van der Waals surface area contributed by atoms with E-state index in [0.717, 1.165) is 22.4 Å². The number of H-pyrrole nitrogens is 1. The van der Waals surface area contributed by atoms with Crippen LogP contribution in [0.3, 0.4) is 0 Å². The minimum Gasteiger partial charge on any atom is -0.489 e. The van der Waals surface area contributed by atoms with E-state index in [9.17, 15) is 9.59 Å². The van der Waals surface area contributed by atoms with Crippen LogP contribution in [0.2, 0.25) is 0 Å². The number of fused-ring (bicyclic) bond motifs is 1. The summed E-state index contributed by atoms with van der Waals surface area (Å²) in [5.41, 5.74) is 3.61. The van der Waals surface area contributed by atoms with Crippen molar-refractivity contribution in [2.45, 2.75) is 31.5 Å². The fourth-order valence-corrected chi connectivity index (χ4v) is 5.19. The molecule has 7 nitrogen and oxygen atoms in total. The van der Waals surface area contributed by atoms with Crippen LogP contribution in [-0.4, -0.2) is 28.3 Å². The number of nitrogens with zero attached hydrogens (tertiary/aromatic N) is 1. The Morgan fingerprint density at radius 3 is 2.31 bits per heavy atom. The highest BCUT2D eigenvalue weighted by atomic mass is 32.2. The smallest absolute Gasteiger partial charge is 0.337 e. The summed E-state index contributed by atoms with van der Waals surface area (Å²) >= 11 is 1.45. The third kappa shape index (κ3) is 5.76. The number of benzene rings is 3. The standard InChI is InChI=1S/C31H29N3O4S/c1-3-37-30(36)25-24(21-15-17-23(18-16-21)38-19-20-11-7-5-8-12-20)26-28(33-31(39-4-2)34-29(26)35)32-27(25)22-13-9-6-10-14-22/h5-18,24H,3-4,19H2,1-2H3,(H2,32,33,34,35). The molecule has 2 heterocycles. The molecule has 2 N–H and O–H groups in total. The largest absolute Gasteiger partial charge is 0.489 e. The van der Waals surface area contributed by atoms with Gasteiger partial charge in [-0.1, -0.05) is 91.5 Å². The number of aromatic nitrogens is 2. The number of rotatable bonds is 9. The van der Waals surface area contributed by atoms with E-state index in [1.807, 2.05) is 91.9 Å². The molecule has 39 heavy (non-hydrogen) atoms. The van der Waals surface area contributed by atoms with Crippen LogP contribution < -0.4 is 15.6 Å². The number of carbonyl (C=O) groups excluding carboxylic acids is 1. The summed E-state index contributed by atoms with van der Waals surface area (Å²) in [6, 6.07) is 27.0. The van der Waals surface area contributed by atoms with Gasteiger partial charge in [0, 0.05) is 0 Å². The summed E-state index contributed by atoms with van der Waals surface area (Å²) in [5, 5.41) is 3.82. The monoisotopic (exact) mass is 539 g/mol. The van der Waals surface area contributed by atoms with Crippen molar-refractivity contribution >= 4 is 29.2 Å². The van der Waals surface area contributed by atoms with Gasteiger partial charge in [-0.05, 0) is 41.5 Å². The van der Waals surface area contributed by atoms with E-state index in [2.05, 4.69) is 10.3 Å². The third-order valence-electron chi connectivity index (χ3n) is 6.32. The zero-order valence-electron chi connectivity index (χ0n) is 21.8. The molecule has 5 rings (SSSR count). The molecule has 1 atom stereocenters. The van der Waals surface area contributed by atoms with Crippen molar-refractivity contribution in [2.24, 2.45) is 0 Å². The zero-order valence-corrected chi connectivity index (χ0v) is 22.6. The number of thioether (sulfide) groups is 1. The molecule has 0 bridgehead atoms.